The fourth-order valence-corrected chi connectivity index (χ4v) is 2.98. The Morgan fingerprint density at radius 3 is 2.61 bits per heavy atom. The Hall–Kier alpha value is -1.07. The normalized spacial score (nSPS) is 35.1. The van der Waals surface area contributed by atoms with Gasteiger partial charge < -0.3 is 9.84 Å². The van der Waals surface area contributed by atoms with Gasteiger partial charge >= 0.3 is 6.18 Å². The zero-order chi connectivity index (χ0) is 12.9. The van der Waals surface area contributed by atoms with E-state index in [9.17, 15) is 18.3 Å². The first-order valence-corrected chi connectivity index (χ1v) is 5.96. The van der Waals surface area contributed by atoms with Crippen molar-refractivity contribution in [3.05, 3.63) is 35.4 Å². The fourth-order valence-electron chi connectivity index (χ4n) is 2.98. The van der Waals surface area contributed by atoms with Crippen LogP contribution in [0.4, 0.5) is 13.2 Å². The van der Waals surface area contributed by atoms with Crippen LogP contribution in [0.3, 0.4) is 0 Å². The number of rotatable bonds is 1. The van der Waals surface area contributed by atoms with E-state index in [4.69, 9.17) is 4.74 Å². The summed E-state index contributed by atoms with van der Waals surface area (Å²) in [6, 6.07) is 5.32. The number of hydrogen-bond donors (Lipinski definition) is 1. The minimum Gasteiger partial charge on any atom is -0.390 e. The predicted octanol–water partition coefficient (Wildman–Crippen LogP) is 2.71. The second-order valence-electron chi connectivity index (χ2n) is 4.99. The van der Waals surface area contributed by atoms with Crippen molar-refractivity contribution in [1.29, 1.82) is 0 Å². The Balaban J connectivity index is 1.89. The molecule has 4 atom stereocenters. The van der Waals surface area contributed by atoms with Crippen molar-refractivity contribution >= 4 is 0 Å². The lowest BCUT2D eigenvalue weighted by molar-refractivity contribution is -0.137. The summed E-state index contributed by atoms with van der Waals surface area (Å²) in [7, 11) is 0. The summed E-state index contributed by atoms with van der Waals surface area (Å²) in [6.45, 7) is 0. The van der Waals surface area contributed by atoms with Crippen molar-refractivity contribution in [3.63, 3.8) is 0 Å². The topological polar surface area (TPSA) is 29.5 Å². The monoisotopic (exact) mass is 258 g/mol. The van der Waals surface area contributed by atoms with E-state index in [0.29, 0.717) is 18.4 Å². The minimum atomic E-state index is -4.33. The maximum Gasteiger partial charge on any atom is 0.416 e. The molecule has 0 amide bonds. The van der Waals surface area contributed by atoms with Crippen LogP contribution in [0.5, 0.6) is 0 Å². The van der Waals surface area contributed by atoms with Crippen LogP contribution >= 0.6 is 0 Å². The lowest BCUT2D eigenvalue weighted by atomic mass is 9.82. The van der Waals surface area contributed by atoms with E-state index >= 15 is 0 Å². The maximum atomic E-state index is 12.6. The SMILES string of the molecule is OC1CC2CC(c3cccc(C(F)(F)F)c3)C1O2. The van der Waals surface area contributed by atoms with E-state index in [1.165, 1.54) is 12.1 Å². The summed E-state index contributed by atoms with van der Waals surface area (Å²) in [6.07, 6.45) is -3.94. The molecular weight excluding hydrogens is 245 g/mol. The third kappa shape index (κ3) is 1.91. The van der Waals surface area contributed by atoms with E-state index in [1.807, 2.05) is 0 Å². The number of aliphatic hydroxyl groups excluding tert-OH is 1. The number of benzene rings is 1. The van der Waals surface area contributed by atoms with Crippen LogP contribution in [0.15, 0.2) is 24.3 Å². The molecule has 0 spiro atoms. The van der Waals surface area contributed by atoms with E-state index < -0.39 is 17.8 Å². The maximum absolute atomic E-state index is 12.6. The number of ether oxygens (including phenoxy) is 1. The number of hydrogen-bond acceptors (Lipinski definition) is 2. The van der Waals surface area contributed by atoms with Crippen LogP contribution in [0.25, 0.3) is 0 Å². The molecule has 1 aromatic rings. The van der Waals surface area contributed by atoms with Gasteiger partial charge in [0.2, 0.25) is 0 Å². The summed E-state index contributed by atoms with van der Waals surface area (Å²) in [5.41, 5.74) is -0.0339. The second-order valence-corrected chi connectivity index (χ2v) is 4.99. The van der Waals surface area contributed by atoms with Gasteiger partial charge in [-0.1, -0.05) is 18.2 Å². The number of halogens is 3. The van der Waals surface area contributed by atoms with E-state index in [2.05, 4.69) is 0 Å². The molecular formula is C13H13F3O2. The van der Waals surface area contributed by atoms with Crippen LogP contribution in [-0.4, -0.2) is 23.4 Å². The zero-order valence-corrected chi connectivity index (χ0v) is 9.52. The quantitative estimate of drug-likeness (QED) is 0.839. The Morgan fingerprint density at radius 1 is 1.22 bits per heavy atom. The van der Waals surface area contributed by atoms with Gasteiger partial charge in [0.15, 0.2) is 0 Å². The Bertz CT molecular complexity index is 458. The van der Waals surface area contributed by atoms with Gasteiger partial charge in [-0.05, 0) is 18.1 Å². The van der Waals surface area contributed by atoms with E-state index in [0.717, 1.165) is 6.07 Å². The molecule has 1 N–H and O–H groups in total. The molecule has 2 aliphatic rings. The van der Waals surface area contributed by atoms with Gasteiger partial charge in [-0.25, -0.2) is 0 Å². The molecule has 2 aliphatic heterocycles. The highest BCUT2D eigenvalue weighted by molar-refractivity contribution is 5.31. The molecule has 2 nitrogen and oxygen atoms in total. The van der Waals surface area contributed by atoms with Gasteiger partial charge in [0.25, 0.3) is 0 Å². The van der Waals surface area contributed by atoms with Crippen LogP contribution in [-0.2, 0) is 10.9 Å². The van der Waals surface area contributed by atoms with Crippen molar-refractivity contribution in [3.8, 4) is 0 Å². The van der Waals surface area contributed by atoms with Gasteiger partial charge in [0.1, 0.15) is 0 Å². The van der Waals surface area contributed by atoms with Crippen molar-refractivity contribution in [1.82, 2.24) is 0 Å². The van der Waals surface area contributed by atoms with Crippen LogP contribution < -0.4 is 0 Å². The first kappa shape index (κ1) is 12.0. The van der Waals surface area contributed by atoms with Gasteiger partial charge in [-0.15, -0.1) is 0 Å². The summed E-state index contributed by atoms with van der Waals surface area (Å²) >= 11 is 0. The lowest BCUT2D eigenvalue weighted by Crippen LogP contribution is -2.28. The smallest absolute Gasteiger partial charge is 0.390 e. The summed E-state index contributed by atoms with van der Waals surface area (Å²) < 4.78 is 43.5. The van der Waals surface area contributed by atoms with Gasteiger partial charge in [-0.3, -0.25) is 0 Å². The van der Waals surface area contributed by atoms with Gasteiger partial charge in [-0.2, -0.15) is 13.2 Å². The summed E-state index contributed by atoms with van der Waals surface area (Å²) in [5.74, 6) is -0.124. The number of alkyl halides is 3. The molecule has 2 bridgehead atoms. The minimum absolute atomic E-state index is 0.00968. The molecule has 0 saturated carbocycles. The molecule has 3 rings (SSSR count). The molecule has 0 radical (unpaired) electrons. The highest BCUT2D eigenvalue weighted by Crippen LogP contribution is 2.45. The van der Waals surface area contributed by atoms with E-state index in [-0.39, 0.29) is 18.1 Å². The average molecular weight is 258 g/mol. The number of aliphatic hydroxyl groups is 1. The molecule has 0 aliphatic carbocycles. The molecule has 2 fully saturated rings. The van der Waals surface area contributed by atoms with Crippen molar-refractivity contribution < 1.29 is 23.0 Å². The highest BCUT2D eigenvalue weighted by atomic mass is 19.4. The van der Waals surface area contributed by atoms with Crippen molar-refractivity contribution in [2.75, 3.05) is 0 Å². The Labute approximate surface area is 102 Å². The van der Waals surface area contributed by atoms with Crippen molar-refractivity contribution in [2.45, 2.75) is 43.2 Å². The highest BCUT2D eigenvalue weighted by Gasteiger charge is 2.47. The summed E-state index contributed by atoms with van der Waals surface area (Å²) in [5, 5.41) is 9.73. The molecule has 18 heavy (non-hydrogen) atoms. The number of fused-ring (bicyclic) bond motifs is 2. The molecule has 2 saturated heterocycles. The van der Waals surface area contributed by atoms with Crippen LogP contribution in [0.1, 0.15) is 29.9 Å². The van der Waals surface area contributed by atoms with Gasteiger partial charge in [0.05, 0.1) is 23.9 Å². The molecule has 4 unspecified atom stereocenters. The molecule has 5 heteroatoms. The average Bonchev–Trinajstić information content (AvgIpc) is 2.86. The third-order valence-electron chi connectivity index (χ3n) is 3.79. The van der Waals surface area contributed by atoms with Gasteiger partial charge in [0, 0.05) is 12.3 Å². The lowest BCUT2D eigenvalue weighted by Gasteiger charge is -2.23. The first-order valence-electron chi connectivity index (χ1n) is 5.96. The molecule has 1 aromatic carbocycles. The Morgan fingerprint density at radius 2 is 2.00 bits per heavy atom. The fraction of sp³-hybridized carbons (Fsp3) is 0.538. The van der Waals surface area contributed by atoms with E-state index in [1.54, 1.807) is 6.07 Å². The van der Waals surface area contributed by atoms with Crippen LogP contribution in [0, 0.1) is 0 Å². The molecule has 0 aromatic heterocycles. The standard InChI is InChI=1S/C13H13F3O2/c14-13(15,16)8-3-1-2-7(4-8)10-5-9-6-11(17)12(10)18-9/h1-4,9-12,17H,5-6H2. The molecule has 2 heterocycles. The largest absolute Gasteiger partial charge is 0.416 e. The third-order valence-corrected chi connectivity index (χ3v) is 3.79. The van der Waals surface area contributed by atoms with Crippen molar-refractivity contribution in [2.24, 2.45) is 0 Å². The zero-order valence-electron chi connectivity index (χ0n) is 9.52. The molecule has 98 valence electrons. The predicted molar refractivity (Wildman–Crippen MR) is 58.1 cm³/mol. The summed E-state index contributed by atoms with van der Waals surface area (Å²) in [4.78, 5) is 0. The second kappa shape index (κ2) is 3.96. The Kier molecular flexibility index (Phi) is 2.64. The van der Waals surface area contributed by atoms with Crippen LogP contribution in [0.2, 0.25) is 0 Å². The first-order chi connectivity index (χ1) is 8.45.